The van der Waals surface area contributed by atoms with E-state index in [4.69, 9.17) is 4.74 Å². The molecule has 0 atom stereocenters. The summed E-state index contributed by atoms with van der Waals surface area (Å²) in [7, 11) is 1.96. The molecule has 0 fully saturated rings. The molecule has 1 aromatic carbocycles. The minimum absolute atomic E-state index is 0.0139. The summed E-state index contributed by atoms with van der Waals surface area (Å²) >= 11 is 2.22. The van der Waals surface area contributed by atoms with Crippen LogP contribution in [0.4, 0.5) is 0 Å². The summed E-state index contributed by atoms with van der Waals surface area (Å²) < 4.78 is 8.65. The van der Waals surface area contributed by atoms with Gasteiger partial charge in [-0.05, 0) is 60.7 Å². The molecule has 0 saturated heterocycles. The molecule has 2 rings (SSSR count). The molecule has 0 aliphatic heterocycles. The van der Waals surface area contributed by atoms with Crippen molar-refractivity contribution in [2.45, 2.75) is 13.8 Å². The van der Waals surface area contributed by atoms with E-state index in [1.807, 2.05) is 55.8 Å². The number of carbonyl (C=O) groups is 1. The molecule has 100 valence electrons. The minimum atomic E-state index is 0.0139. The predicted molar refractivity (Wildman–Crippen MR) is 83.9 cm³/mol. The molecule has 4 heteroatoms. The lowest BCUT2D eigenvalue weighted by Crippen LogP contribution is -2.12. The Bertz CT molecular complexity index is 617. The van der Waals surface area contributed by atoms with Crippen LogP contribution in [0.2, 0.25) is 0 Å². The van der Waals surface area contributed by atoms with E-state index in [0.717, 1.165) is 26.3 Å². The molecule has 0 saturated carbocycles. The number of Topliss-reactive ketones (excluding diaryl/α,β-unsaturated/α-hetero) is 1. The fourth-order valence-electron chi connectivity index (χ4n) is 1.92. The smallest absolute Gasteiger partial charge is 0.202 e. The number of hydrogen-bond donors (Lipinski definition) is 0. The molecule has 3 nitrogen and oxygen atoms in total. The highest BCUT2D eigenvalue weighted by atomic mass is 127. The van der Waals surface area contributed by atoms with Crippen LogP contribution in [0.3, 0.4) is 0 Å². The Morgan fingerprint density at radius 1 is 1.32 bits per heavy atom. The van der Waals surface area contributed by atoms with Gasteiger partial charge in [0.1, 0.15) is 5.75 Å². The third-order valence-electron chi connectivity index (χ3n) is 3.24. The second-order valence-electron chi connectivity index (χ2n) is 4.51. The van der Waals surface area contributed by atoms with E-state index in [2.05, 4.69) is 22.6 Å². The van der Waals surface area contributed by atoms with Crippen LogP contribution in [0, 0.1) is 17.4 Å². The van der Waals surface area contributed by atoms with Crippen LogP contribution in [0.1, 0.15) is 21.7 Å². The number of aromatic nitrogens is 1. The Labute approximate surface area is 126 Å². The van der Waals surface area contributed by atoms with E-state index < -0.39 is 0 Å². The summed E-state index contributed by atoms with van der Waals surface area (Å²) in [6.45, 7) is 4.01. The SMILES string of the molecule is Cc1cc(C(=O)COc2cccc(I)c2)c(C)n1C. The number of nitrogens with zero attached hydrogens (tertiary/aromatic N) is 1. The number of benzene rings is 1. The molecule has 1 heterocycles. The van der Waals surface area contributed by atoms with Crippen LogP contribution in [-0.2, 0) is 7.05 Å². The Morgan fingerprint density at radius 3 is 2.63 bits per heavy atom. The van der Waals surface area contributed by atoms with Crippen LogP contribution in [0.25, 0.3) is 0 Å². The first-order valence-electron chi connectivity index (χ1n) is 6.03. The van der Waals surface area contributed by atoms with Crippen molar-refractivity contribution >= 4 is 28.4 Å². The highest BCUT2D eigenvalue weighted by Crippen LogP contribution is 2.17. The zero-order valence-electron chi connectivity index (χ0n) is 11.2. The molecule has 0 aliphatic carbocycles. The quantitative estimate of drug-likeness (QED) is 0.610. The van der Waals surface area contributed by atoms with E-state index in [9.17, 15) is 4.79 Å². The van der Waals surface area contributed by atoms with E-state index in [1.54, 1.807) is 0 Å². The van der Waals surface area contributed by atoms with Crippen LogP contribution >= 0.6 is 22.6 Å². The van der Waals surface area contributed by atoms with Crippen LogP contribution in [-0.4, -0.2) is 17.0 Å². The summed E-state index contributed by atoms with van der Waals surface area (Å²) in [6.07, 6.45) is 0. The van der Waals surface area contributed by atoms with Gasteiger partial charge in [-0.15, -0.1) is 0 Å². The van der Waals surface area contributed by atoms with Gasteiger partial charge in [0.25, 0.3) is 0 Å². The summed E-state index contributed by atoms with van der Waals surface area (Å²) in [4.78, 5) is 12.1. The maximum atomic E-state index is 12.1. The largest absolute Gasteiger partial charge is 0.485 e. The van der Waals surface area contributed by atoms with Gasteiger partial charge in [-0.3, -0.25) is 4.79 Å². The molecule has 0 bridgehead atoms. The van der Waals surface area contributed by atoms with E-state index in [1.165, 1.54) is 0 Å². The second-order valence-corrected chi connectivity index (χ2v) is 5.76. The Kier molecular flexibility index (Phi) is 4.29. The average Bonchev–Trinajstić information content (AvgIpc) is 2.64. The molecule has 0 amide bonds. The molecule has 19 heavy (non-hydrogen) atoms. The fourth-order valence-corrected chi connectivity index (χ4v) is 2.44. The van der Waals surface area contributed by atoms with Gasteiger partial charge >= 0.3 is 0 Å². The molecular formula is C15H16INO2. The lowest BCUT2D eigenvalue weighted by Gasteiger charge is -2.06. The van der Waals surface area contributed by atoms with Crippen molar-refractivity contribution in [3.63, 3.8) is 0 Å². The van der Waals surface area contributed by atoms with Crippen molar-refractivity contribution in [1.29, 1.82) is 0 Å². The first-order chi connectivity index (χ1) is 8.99. The van der Waals surface area contributed by atoms with Gasteiger partial charge in [0.2, 0.25) is 5.78 Å². The van der Waals surface area contributed by atoms with Crippen LogP contribution in [0.5, 0.6) is 5.75 Å². The number of aryl methyl sites for hydroxylation is 1. The van der Waals surface area contributed by atoms with Crippen LogP contribution < -0.4 is 4.74 Å². The second kappa shape index (κ2) is 5.77. The van der Waals surface area contributed by atoms with Gasteiger partial charge in [-0.25, -0.2) is 0 Å². The van der Waals surface area contributed by atoms with E-state index in [0.29, 0.717) is 0 Å². The van der Waals surface area contributed by atoms with Crippen molar-refractivity contribution < 1.29 is 9.53 Å². The third-order valence-corrected chi connectivity index (χ3v) is 3.91. The first-order valence-corrected chi connectivity index (χ1v) is 7.11. The number of halogens is 1. The van der Waals surface area contributed by atoms with Crippen molar-refractivity contribution in [3.05, 3.63) is 50.9 Å². The van der Waals surface area contributed by atoms with Gasteiger partial charge in [0.15, 0.2) is 6.61 Å². The molecular weight excluding hydrogens is 353 g/mol. The topological polar surface area (TPSA) is 31.2 Å². The Hall–Kier alpha value is -1.30. The van der Waals surface area contributed by atoms with Crippen molar-refractivity contribution in [2.24, 2.45) is 7.05 Å². The fraction of sp³-hybridized carbons (Fsp3) is 0.267. The van der Waals surface area contributed by atoms with Crippen LogP contribution in [0.15, 0.2) is 30.3 Å². The number of ether oxygens (including phenoxy) is 1. The molecule has 1 aromatic heterocycles. The normalized spacial score (nSPS) is 10.5. The van der Waals surface area contributed by atoms with E-state index in [-0.39, 0.29) is 12.4 Å². The van der Waals surface area contributed by atoms with Gasteiger partial charge in [-0.2, -0.15) is 0 Å². The maximum Gasteiger partial charge on any atom is 0.202 e. The summed E-state index contributed by atoms with van der Waals surface area (Å²) in [5.41, 5.74) is 2.80. The average molecular weight is 369 g/mol. The maximum absolute atomic E-state index is 12.1. The lowest BCUT2D eigenvalue weighted by atomic mass is 10.1. The summed E-state index contributed by atoms with van der Waals surface area (Å²) in [5, 5.41) is 0. The molecule has 2 aromatic rings. The number of hydrogen-bond acceptors (Lipinski definition) is 2. The van der Waals surface area contributed by atoms with E-state index >= 15 is 0 Å². The van der Waals surface area contributed by atoms with Gasteiger partial charge in [0.05, 0.1) is 0 Å². The molecule has 0 radical (unpaired) electrons. The highest BCUT2D eigenvalue weighted by molar-refractivity contribution is 14.1. The Morgan fingerprint density at radius 2 is 2.05 bits per heavy atom. The monoisotopic (exact) mass is 369 g/mol. The number of carbonyl (C=O) groups excluding carboxylic acids is 1. The molecule has 0 N–H and O–H groups in total. The lowest BCUT2D eigenvalue weighted by molar-refractivity contribution is 0.0921. The first kappa shape index (κ1) is 14.1. The summed E-state index contributed by atoms with van der Waals surface area (Å²) in [5.74, 6) is 0.741. The molecule has 0 spiro atoms. The van der Waals surface area contributed by atoms with Gasteiger partial charge in [-0.1, -0.05) is 6.07 Å². The zero-order chi connectivity index (χ0) is 14.0. The highest BCUT2D eigenvalue weighted by Gasteiger charge is 2.14. The van der Waals surface area contributed by atoms with Gasteiger partial charge in [0, 0.05) is 27.6 Å². The van der Waals surface area contributed by atoms with Crippen molar-refractivity contribution in [1.82, 2.24) is 4.57 Å². The Balaban J connectivity index is 2.07. The number of ketones is 1. The minimum Gasteiger partial charge on any atom is -0.485 e. The van der Waals surface area contributed by atoms with Crippen molar-refractivity contribution in [3.8, 4) is 5.75 Å². The van der Waals surface area contributed by atoms with Crippen molar-refractivity contribution in [2.75, 3.05) is 6.61 Å². The number of rotatable bonds is 4. The molecule has 0 aliphatic rings. The zero-order valence-corrected chi connectivity index (χ0v) is 13.4. The third kappa shape index (κ3) is 3.18. The molecule has 0 unspecified atom stereocenters. The summed E-state index contributed by atoms with van der Waals surface area (Å²) in [6, 6.07) is 9.59. The predicted octanol–water partition coefficient (Wildman–Crippen LogP) is 3.51. The van der Waals surface area contributed by atoms with Gasteiger partial charge < -0.3 is 9.30 Å². The standard InChI is InChI=1S/C15H16INO2/c1-10-7-14(11(2)17(10)3)15(18)9-19-13-6-4-5-12(16)8-13/h4-8H,9H2,1-3H3.